The lowest BCUT2D eigenvalue weighted by molar-refractivity contribution is 0.156. The van der Waals surface area contributed by atoms with Crippen molar-refractivity contribution in [3.8, 4) is 0 Å². The minimum absolute atomic E-state index is 0.409. The Morgan fingerprint density at radius 1 is 1.25 bits per heavy atom. The molecule has 0 aromatic heterocycles. The van der Waals surface area contributed by atoms with E-state index >= 15 is 0 Å². The van der Waals surface area contributed by atoms with Gasteiger partial charge in [0.1, 0.15) is 0 Å². The van der Waals surface area contributed by atoms with Crippen molar-refractivity contribution in [2.75, 3.05) is 59.5 Å². The zero-order valence-corrected chi connectivity index (χ0v) is 12.7. The van der Waals surface area contributed by atoms with Crippen molar-refractivity contribution in [3.63, 3.8) is 0 Å². The first kappa shape index (κ1) is 14.1. The molecule has 5 heteroatoms. The molecule has 0 aliphatic carbocycles. The van der Waals surface area contributed by atoms with Gasteiger partial charge in [0.05, 0.1) is 6.61 Å². The summed E-state index contributed by atoms with van der Waals surface area (Å²) in [6, 6.07) is 0. The van der Waals surface area contributed by atoms with Gasteiger partial charge < -0.3 is 19.9 Å². The predicted octanol–water partition coefficient (Wildman–Crippen LogP) is 0.770. The largest absolute Gasteiger partial charge is 0.381 e. The normalized spacial score (nSPS) is 31.6. The molecule has 0 amide bonds. The molecule has 3 fully saturated rings. The molecule has 20 heavy (non-hydrogen) atoms. The Balaban J connectivity index is 1.45. The molecule has 1 atom stereocenters. The van der Waals surface area contributed by atoms with Crippen LogP contribution in [0.4, 0.5) is 0 Å². The molecular formula is C15H28N4O. The lowest BCUT2D eigenvalue weighted by atomic mass is 9.87. The van der Waals surface area contributed by atoms with Crippen LogP contribution >= 0.6 is 0 Å². The number of hydrogen-bond acceptors (Lipinski definition) is 3. The van der Waals surface area contributed by atoms with Gasteiger partial charge in [0.15, 0.2) is 5.96 Å². The second-order valence-electron chi connectivity index (χ2n) is 6.50. The maximum atomic E-state index is 5.60. The van der Waals surface area contributed by atoms with Crippen LogP contribution in [-0.4, -0.2) is 75.3 Å². The summed E-state index contributed by atoms with van der Waals surface area (Å²) in [5.41, 5.74) is 0.409. The van der Waals surface area contributed by atoms with Crippen LogP contribution in [0.1, 0.15) is 25.7 Å². The van der Waals surface area contributed by atoms with Crippen LogP contribution in [0.25, 0.3) is 0 Å². The van der Waals surface area contributed by atoms with Crippen LogP contribution in [0.5, 0.6) is 0 Å². The van der Waals surface area contributed by atoms with Crippen molar-refractivity contribution >= 4 is 5.96 Å². The van der Waals surface area contributed by atoms with Crippen molar-refractivity contribution in [1.82, 2.24) is 15.1 Å². The highest BCUT2D eigenvalue weighted by molar-refractivity contribution is 5.80. The highest BCUT2D eigenvalue weighted by Crippen LogP contribution is 2.38. The third-order valence-corrected chi connectivity index (χ3v) is 5.04. The summed E-state index contributed by atoms with van der Waals surface area (Å²) in [4.78, 5) is 9.41. The number of hydrogen-bond donors (Lipinski definition) is 1. The van der Waals surface area contributed by atoms with Crippen LogP contribution < -0.4 is 5.32 Å². The second kappa shape index (κ2) is 6.31. The van der Waals surface area contributed by atoms with Crippen LogP contribution in [0, 0.1) is 5.41 Å². The van der Waals surface area contributed by atoms with Gasteiger partial charge >= 0.3 is 0 Å². The standard InChI is InChI=1S/C15H28N4O/c1-16-14(17-6-10-18-7-2-3-8-18)19-9-4-15(12-19)5-11-20-13-15/h2-13H2,1H3,(H,16,17). The molecule has 1 spiro atoms. The van der Waals surface area contributed by atoms with Crippen molar-refractivity contribution in [2.45, 2.75) is 25.7 Å². The Morgan fingerprint density at radius 2 is 2.10 bits per heavy atom. The summed E-state index contributed by atoms with van der Waals surface area (Å²) >= 11 is 0. The van der Waals surface area contributed by atoms with Gasteiger partial charge in [-0.3, -0.25) is 4.99 Å². The van der Waals surface area contributed by atoms with E-state index in [4.69, 9.17) is 4.74 Å². The maximum absolute atomic E-state index is 5.60. The molecule has 114 valence electrons. The Morgan fingerprint density at radius 3 is 2.80 bits per heavy atom. The van der Waals surface area contributed by atoms with Gasteiger partial charge in [-0.05, 0) is 38.8 Å². The van der Waals surface area contributed by atoms with Crippen LogP contribution in [0.2, 0.25) is 0 Å². The Bertz CT molecular complexity index is 346. The first-order valence-electron chi connectivity index (χ1n) is 8.07. The molecule has 0 radical (unpaired) electrons. The summed E-state index contributed by atoms with van der Waals surface area (Å²) in [5.74, 6) is 1.08. The van der Waals surface area contributed by atoms with E-state index in [1.165, 1.54) is 38.8 Å². The van der Waals surface area contributed by atoms with E-state index in [0.29, 0.717) is 5.41 Å². The van der Waals surface area contributed by atoms with Gasteiger partial charge in [-0.2, -0.15) is 0 Å². The SMILES string of the molecule is CN=C(NCCN1CCCC1)N1CCC2(CCOC2)C1. The second-order valence-corrected chi connectivity index (χ2v) is 6.50. The average Bonchev–Trinajstić information content (AvgIpc) is 3.19. The lowest BCUT2D eigenvalue weighted by Crippen LogP contribution is -2.44. The van der Waals surface area contributed by atoms with Crippen LogP contribution in [0.3, 0.4) is 0 Å². The summed E-state index contributed by atoms with van der Waals surface area (Å²) in [6.45, 7) is 8.79. The molecule has 0 aromatic carbocycles. The Kier molecular flexibility index (Phi) is 4.46. The monoisotopic (exact) mass is 280 g/mol. The highest BCUT2D eigenvalue weighted by Gasteiger charge is 2.42. The fraction of sp³-hybridized carbons (Fsp3) is 0.933. The van der Waals surface area contributed by atoms with Gasteiger partial charge in [0.2, 0.25) is 0 Å². The Labute approximate surface area is 122 Å². The fourth-order valence-electron chi connectivity index (χ4n) is 3.75. The number of rotatable bonds is 3. The third kappa shape index (κ3) is 3.09. The van der Waals surface area contributed by atoms with Gasteiger partial charge in [-0.25, -0.2) is 0 Å². The summed E-state index contributed by atoms with van der Waals surface area (Å²) < 4.78 is 5.60. The quantitative estimate of drug-likeness (QED) is 0.612. The molecule has 0 bridgehead atoms. The maximum Gasteiger partial charge on any atom is 0.193 e. The van der Waals surface area contributed by atoms with E-state index in [2.05, 4.69) is 20.1 Å². The van der Waals surface area contributed by atoms with Gasteiger partial charge in [-0.15, -0.1) is 0 Å². The molecule has 0 saturated carbocycles. The number of nitrogens with zero attached hydrogens (tertiary/aromatic N) is 3. The number of ether oxygens (including phenoxy) is 1. The van der Waals surface area contributed by atoms with E-state index < -0.39 is 0 Å². The number of likely N-dealkylation sites (tertiary alicyclic amines) is 2. The minimum atomic E-state index is 0.409. The van der Waals surface area contributed by atoms with Gasteiger partial charge in [0, 0.05) is 45.2 Å². The van der Waals surface area contributed by atoms with E-state index in [1.54, 1.807) is 0 Å². The molecular weight excluding hydrogens is 252 g/mol. The van der Waals surface area contributed by atoms with Gasteiger partial charge in [-0.1, -0.05) is 0 Å². The summed E-state index contributed by atoms with van der Waals surface area (Å²) in [7, 11) is 1.90. The average molecular weight is 280 g/mol. The van der Waals surface area contributed by atoms with Gasteiger partial charge in [0.25, 0.3) is 0 Å². The molecule has 3 aliphatic rings. The fourth-order valence-corrected chi connectivity index (χ4v) is 3.75. The molecule has 3 rings (SSSR count). The molecule has 3 saturated heterocycles. The van der Waals surface area contributed by atoms with Crippen LogP contribution in [-0.2, 0) is 4.74 Å². The Hall–Kier alpha value is -0.810. The van der Waals surface area contributed by atoms with Crippen LogP contribution in [0.15, 0.2) is 4.99 Å². The molecule has 3 aliphatic heterocycles. The molecule has 3 heterocycles. The van der Waals surface area contributed by atoms with Crippen molar-refractivity contribution < 1.29 is 4.74 Å². The summed E-state index contributed by atoms with van der Waals surface area (Å²) in [6.07, 6.45) is 5.20. The first-order valence-corrected chi connectivity index (χ1v) is 8.07. The minimum Gasteiger partial charge on any atom is -0.381 e. The molecule has 0 aromatic rings. The predicted molar refractivity (Wildman–Crippen MR) is 81.1 cm³/mol. The lowest BCUT2D eigenvalue weighted by Gasteiger charge is -2.25. The van der Waals surface area contributed by atoms with Crippen molar-refractivity contribution in [3.05, 3.63) is 0 Å². The first-order chi connectivity index (χ1) is 9.81. The zero-order valence-electron chi connectivity index (χ0n) is 12.7. The highest BCUT2D eigenvalue weighted by atomic mass is 16.5. The smallest absolute Gasteiger partial charge is 0.193 e. The zero-order chi connectivity index (χ0) is 13.8. The van der Waals surface area contributed by atoms with E-state index in [1.807, 2.05) is 7.05 Å². The van der Waals surface area contributed by atoms with Crippen molar-refractivity contribution in [2.24, 2.45) is 10.4 Å². The van der Waals surface area contributed by atoms with E-state index in [0.717, 1.165) is 45.4 Å². The molecule has 1 unspecified atom stereocenters. The topological polar surface area (TPSA) is 40.1 Å². The third-order valence-electron chi connectivity index (χ3n) is 5.04. The van der Waals surface area contributed by atoms with Crippen molar-refractivity contribution in [1.29, 1.82) is 0 Å². The molecule has 5 nitrogen and oxygen atoms in total. The van der Waals surface area contributed by atoms with E-state index in [-0.39, 0.29) is 0 Å². The molecule has 1 N–H and O–H groups in total. The number of aliphatic imine (C=N–C) groups is 1. The number of guanidine groups is 1. The number of nitrogens with one attached hydrogen (secondary N) is 1. The summed E-state index contributed by atoms with van der Waals surface area (Å²) in [5, 5.41) is 3.54. The van der Waals surface area contributed by atoms with E-state index in [9.17, 15) is 0 Å².